The fraction of sp³-hybridized carbons (Fsp3) is 0.143. The molecular weight excluding hydrogens is 288 g/mol. The summed E-state index contributed by atoms with van der Waals surface area (Å²) in [6.07, 6.45) is 8.03. The molecule has 0 fully saturated rings. The van der Waals surface area contributed by atoms with E-state index in [-0.39, 0.29) is 5.41 Å². The van der Waals surface area contributed by atoms with Crippen molar-refractivity contribution < 1.29 is 0 Å². The number of rotatable bonds is 6. The third kappa shape index (κ3) is 3.08. The summed E-state index contributed by atoms with van der Waals surface area (Å²) in [7, 11) is 0. The van der Waals surface area contributed by atoms with Gasteiger partial charge in [-0.1, -0.05) is 91.5 Å². The molecule has 0 bridgehead atoms. The molecule has 22 heavy (non-hydrogen) atoms. The Morgan fingerprint density at radius 1 is 1.00 bits per heavy atom. The topological polar surface area (TPSA) is 0 Å². The zero-order valence-electron chi connectivity index (χ0n) is 12.9. The molecule has 0 nitrogen and oxygen atoms in total. The highest BCUT2D eigenvalue weighted by Crippen LogP contribution is 2.41. The molecule has 0 unspecified atom stereocenters. The third-order valence-corrected chi connectivity index (χ3v) is 4.27. The number of benzene rings is 2. The highest BCUT2D eigenvalue weighted by molar-refractivity contribution is 6.19. The standard InChI is InChI=1S/C21H21Cl/c1-3-11-18(12-4-2)21(17-22,19-13-7-5-8-14-19)20-15-9-6-10-16-20/h3-16H,1,17H2,2H3/b12-4-,18-11+. The van der Waals surface area contributed by atoms with Crippen molar-refractivity contribution >= 4 is 11.6 Å². The Labute approximate surface area is 138 Å². The summed E-state index contributed by atoms with van der Waals surface area (Å²) in [5.41, 5.74) is 3.12. The molecule has 0 N–H and O–H groups in total. The van der Waals surface area contributed by atoms with Gasteiger partial charge in [0.1, 0.15) is 0 Å². The third-order valence-electron chi connectivity index (χ3n) is 3.87. The SMILES string of the molecule is C=C/C=C(\C=C/C)C(CCl)(c1ccccc1)c1ccccc1. The second-order valence-electron chi connectivity index (χ2n) is 5.13. The van der Waals surface area contributed by atoms with Crippen LogP contribution < -0.4 is 0 Å². The van der Waals surface area contributed by atoms with Crippen LogP contribution in [0.4, 0.5) is 0 Å². The number of hydrogen-bond acceptors (Lipinski definition) is 0. The fourth-order valence-corrected chi connectivity index (χ4v) is 3.29. The minimum atomic E-state index is -0.384. The van der Waals surface area contributed by atoms with Crippen molar-refractivity contribution in [2.45, 2.75) is 12.3 Å². The minimum Gasteiger partial charge on any atom is -0.125 e. The van der Waals surface area contributed by atoms with Crippen LogP contribution in [-0.4, -0.2) is 5.88 Å². The molecule has 0 spiro atoms. The summed E-state index contributed by atoms with van der Waals surface area (Å²) >= 11 is 6.55. The normalized spacial score (nSPS) is 12.5. The largest absolute Gasteiger partial charge is 0.125 e. The lowest BCUT2D eigenvalue weighted by Crippen LogP contribution is -2.31. The summed E-state index contributed by atoms with van der Waals surface area (Å²) < 4.78 is 0. The van der Waals surface area contributed by atoms with Crippen molar-refractivity contribution in [2.24, 2.45) is 0 Å². The van der Waals surface area contributed by atoms with Crippen molar-refractivity contribution in [1.29, 1.82) is 0 Å². The van der Waals surface area contributed by atoms with E-state index < -0.39 is 0 Å². The lowest BCUT2D eigenvalue weighted by Gasteiger charge is -2.35. The molecule has 0 saturated heterocycles. The maximum absolute atomic E-state index is 6.55. The molecule has 0 aliphatic rings. The smallest absolute Gasteiger partial charge is 0.0586 e. The summed E-state index contributed by atoms with van der Waals surface area (Å²) in [6, 6.07) is 20.8. The number of halogens is 1. The Hall–Kier alpha value is -2.05. The summed E-state index contributed by atoms with van der Waals surface area (Å²) in [5, 5.41) is 0. The zero-order valence-corrected chi connectivity index (χ0v) is 13.6. The molecule has 2 aromatic rings. The number of alkyl halides is 1. The highest BCUT2D eigenvalue weighted by Gasteiger charge is 2.35. The van der Waals surface area contributed by atoms with Gasteiger partial charge in [-0.2, -0.15) is 0 Å². The molecular formula is C21H21Cl. The Morgan fingerprint density at radius 2 is 1.50 bits per heavy atom. The van der Waals surface area contributed by atoms with Gasteiger partial charge in [0.25, 0.3) is 0 Å². The fourth-order valence-electron chi connectivity index (χ4n) is 2.82. The van der Waals surface area contributed by atoms with E-state index in [0.717, 1.165) is 5.57 Å². The second kappa shape index (κ2) is 7.82. The van der Waals surface area contributed by atoms with Crippen LogP contribution in [0.15, 0.2) is 97.1 Å². The van der Waals surface area contributed by atoms with Crippen LogP contribution >= 0.6 is 11.6 Å². The van der Waals surface area contributed by atoms with Gasteiger partial charge in [-0.3, -0.25) is 0 Å². The van der Waals surface area contributed by atoms with Crippen LogP contribution in [0.2, 0.25) is 0 Å². The minimum absolute atomic E-state index is 0.384. The molecule has 0 saturated carbocycles. The van der Waals surface area contributed by atoms with E-state index in [1.165, 1.54) is 11.1 Å². The monoisotopic (exact) mass is 308 g/mol. The predicted molar refractivity (Wildman–Crippen MR) is 97.5 cm³/mol. The molecule has 1 heteroatoms. The first-order valence-corrected chi connectivity index (χ1v) is 7.96. The molecule has 0 heterocycles. The van der Waals surface area contributed by atoms with E-state index in [9.17, 15) is 0 Å². The first kappa shape index (κ1) is 16.3. The lowest BCUT2D eigenvalue weighted by molar-refractivity contribution is 0.699. The Kier molecular flexibility index (Phi) is 5.80. The molecule has 0 radical (unpaired) electrons. The van der Waals surface area contributed by atoms with Gasteiger partial charge in [-0.15, -0.1) is 11.6 Å². The van der Waals surface area contributed by atoms with E-state index in [2.05, 4.69) is 61.2 Å². The molecule has 0 aromatic heterocycles. The van der Waals surface area contributed by atoms with Crippen LogP contribution in [0.3, 0.4) is 0 Å². The quantitative estimate of drug-likeness (QED) is 0.460. The first-order chi connectivity index (χ1) is 10.8. The van der Waals surface area contributed by atoms with Crippen LogP contribution in [0.5, 0.6) is 0 Å². The molecule has 0 amide bonds. The summed E-state index contributed by atoms with van der Waals surface area (Å²) in [4.78, 5) is 0. The molecule has 0 aliphatic heterocycles. The van der Waals surface area contributed by atoms with Gasteiger partial charge in [-0.05, 0) is 23.6 Å². The van der Waals surface area contributed by atoms with E-state index in [0.29, 0.717) is 5.88 Å². The van der Waals surface area contributed by atoms with Crippen LogP contribution in [0.1, 0.15) is 18.1 Å². The van der Waals surface area contributed by atoms with Crippen molar-refractivity contribution in [3.05, 3.63) is 108 Å². The predicted octanol–water partition coefficient (Wildman–Crippen LogP) is 5.90. The first-order valence-electron chi connectivity index (χ1n) is 7.42. The number of allylic oxidation sites excluding steroid dienone is 5. The van der Waals surface area contributed by atoms with Crippen molar-refractivity contribution in [3.63, 3.8) is 0 Å². The summed E-state index contributed by atoms with van der Waals surface area (Å²) in [6.45, 7) is 5.88. The maximum atomic E-state index is 6.55. The van der Waals surface area contributed by atoms with Crippen LogP contribution in [0.25, 0.3) is 0 Å². The molecule has 2 rings (SSSR count). The molecule has 2 aromatic carbocycles. The molecule has 112 valence electrons. The van der Waals surface area contributed by atoms with Gasteiger partial charge in [-0.25, -0.2) is 0 Å². The van der Waals surface area contributed by atoms with Crippen LogP contribution in [0, 0.1) is 0 Å². The Bertz CT molecular complexity index is 611. The lowest BCUT2D eigenvalue weighted by atomic mass is 9.70. The molecule has 0 atom stereocenters. The zero-order chi connectivity index (χ0) is 15.8. The maximum Gasteiger partial charge on any atom is 0.0586 e. The van der Waals surface area contributed by atoms with Crippen molar-refractivity contribution in [2.75, 3.05) is 5.88 Å². The average Bonchev–Trinajstić information content (AvgIpc) is 2.58. The van der Waals surface area contributed by atoms with E-state index in [4.69, 9.17) is 11.6 Å². The van der Waals surface area contributed by atoms with E-state index in [1.807, 2.05) is 37.3 Å². The Morgan fingerprint density at radius 3 is 1.86 bits per heavy atom. The van der Waals surface area contributed by atoms with E-state index >= 15 is 0 Å². The van der Waals surface area contributed by atoms with Crippen molar-refractivity contribution in [1.82, 2.24) is 0 Å². The van der Waals surface area contributed by atoms with Gasteiger partial charge in [0.05, 0.1) is 5.41 Å². The highest BCUT2D eigenvalue weighted by atomic mass is 35.5. The van der Waals surface area contributed by atoms with Gasteiger partial charge in [0.15, 0.2) is 0 Å². The number of hydrogen-bond donors (Lipinski definition) is 0. The van der Waals surface area contributed by atoms with Crippen molar-refractivity contribution in [3.8, 4) is 0 Å². The van der Waals surface area contributed by atoms with Gasteiger partial charge < -0.3 is 0 Å². The van der Waals surface area contributed by atoms with Gasteiger partial charge >= 0.3 is 0 Å². The Balaban J connectivity index is 2.78. The van der Waals surface area contributed by atoms with Gasteiger partial charge in [0, 0.05) is 5.88 Å². The second-order valence-corrected chi connectivity index (χ2v) is 5.40. The summed E-state index contributed by atoms with van der Waals surface area (Å²) in [5.74, 6) is 0.463. The average molecular weight is 309 g/mol. The van der Waals surface area contributed by atoms with E-state index in [1.54, 1.807) is 0 Å². The molecule has 0 aliphatic carbocycles. The van der Waals surface area contributed by atoms with Crippen LogP contribution in [-0.2, 0) is 5.41 Å². The van der Waals surface area contributed by atoms with Gasteiger partial charge in [0.2, 0.25) is 0 Å².